The van der Waals surface area contributed by atoms with Gasteiger partial charge in [-0.05, 0) is 75.0 Å². The summed E-state index contributed by atoms with van der Waals surface area (Å²) in [4.78, 5) is 15.4. The van der Waals surface area contributed by atoms with E-state index in [0.717, 1.165) is 42.1 Å². The van der Waals surface area contributed by atoms with Crippen LogP contribution in [-0.4, -0.2) is 29.2 Å². The summed E-state index contributed by atoms with van der Waals surface area (Å²) in [5.74, 6) is 3.97. The maximum atomic E-state index is 13.2. The van der Waals surface area contributed by atoms with Crippen molar-refractivity contribution < 1.29 is 4.79 Å². The van der Waals surface area contributed by atoms with Crippen molar-refractivity contribution in [3.8, 4) is 0 Å². The van der Waals surface area contributed by atoms with Crippen LogP contribution in [0.25, 0.3) is 0 Å². The lowest BCUT2D eigenvalue weighted by molar-refractivity contribution is -0.159. The van der Waals surface area contributed by atoms with Crippen LogP contribution in [0.15, 0.2) is 0 Å². The minimum absolute atomic E-state index is 0.0794. The first kappa shape index (κ1) is 13.6. The Morgan fingerprint density at radius 2 is 1.50 bits per heavy atom. The molecule has 4 saturated carbocycles. The number of halogens is 1. The number of hydrogen-bond acceptors (Lipinski definition) is 1. The van der Waals surface area contributed by atoms with E-state index in [1.54, 1.807) is 0 Å². The van der Waals surface area contributed by atoms with Crippen LogP contribution in [0.1, 0.15) is 51.4 Å². The van der Waals surface area contributed by atoms with Gasteiger partial charge in [0.15, 0.2) is 0 Å². The number of amides is 1. The standard InChI is InChI=1S/C17H26BrNO/c18-11-12-1-3-19(4-2-12)16(20)17-8-13-5-14(9-17)7-15(6-13)10-17/h12-15H,1-11H2. The molecular weight excluding hydrogens is 314 g/mol. The average Bonchev–Trinajstić information content (AvgIpc) is 2.45. The Hall–Kier alpha value is -0.0500. The molecule has 1 amide bonds. The molecule has 0 atom stereocenters. The maximum Gasteiger partial charge on any atom is 0.228 e. The molecule has 3 heteroatoms. The van der Waals surface area contributed by atoms with Gasteiger partial charge in [-0.2, -0.15) is 0 Å². The average molecular weight is 340 g/mol. The highest BCUT2D eigenvalue weighted by atomic mass is 79.9. The highest BCUT2D eigenvalue weighted by molar-refractivity contribution is 9.09. The number of alkyl halides is 1. The molecule has 5 fully saturated rings. The van der Waals surface area contributed by atoms with Gasteiger partial charge in [0.05, 0.1) is 5.41 Å². The van der Waals surface area contributed by atoms with Gasteiger partial charge in [0, 0.05) is 18.4 Å². The minimum atomic E-state index is 0.0794. The van der Waals surface area contributed by atoms with Crippen LogP contribution in [0.3, 0.4) is 0 Å². The Bertz CT molecular complexity index is 365. The fraction of sp³-hybridized carbons (Fsp3) is 0.941. The Morgan fingerprint density at radius 3 is 1.95 bits per heavy atom. The van der Waals surface area contributed by atoms with E-state index < -0.39 is 0 Å². The summed E-state index contributed by atoms with van der Waals surface area (Å²) in [6.45, 7) is 2.02. The van der Waals surface area contributed by atoms with E-state index in [0.29, 0.717) is 5.91 Å². The monoisotopic (exact) mass is 339 g/mol. The van der Waals surface area contributed by atoms with E-state index in [9.17, 15) is 4.79 Å². The smallest absolute Gasteiger partial charge is 0.228 e. The second-order valence-electron chi connectivity index (χ2n) is 8.09. The van der Waals surface area contributed by atoms with Crippen LogP contribution in [0.4, 0.5) is 0 Å². The van der Waals surface area contributed by atoms with Crippen LogP contribution in [0.2, 0.25) is 0 Å². The summed E-state index contributed by atoms with van der Waals surface area (Å²) in [6, 6.07) is 0. The first-order valence-electron chi connectivity index (χ1n) is 8.54. The summed E-state index contributed by atoms with van der Waals surface area (Å²) < 4.78 is 0. The first-order valence-corrected chi connectivity index (χ1v) is 9.66. The third kappa shape index (κ3) is 2.15. The Morgan fingerprint density at radius 1 is 1.00 bits per heavy atom. The fourth-order valence-corrected chi connectivity index (χ4v) is 6.65. The lowest BCUT2D eigenvalue weighted by atomic mass is 9.49. The maximum absolute atomic E-state index is 13.2. The van der Waals surface area contributed by atoms with Crippen molar-refractivity contribution in [3.63, 3.8) is 0 Å². The molecule has 1 heterocycles. The SMILES string of the molecule is O=C(N1CCC(CBr)CC1)C12CC3CC(CC(C3)C1)C2. The van der Waals surface area contributed by atoms with E-state index in [1.807, 2.05) is 0 Å². The topological polar surface area (TPSA) is 20.3 Å². The van der Waals surface area contributed by atoms with Gasteiger partial charge in [-0.15, -0.1) is 0 Å². The molecule has 0 aromatic carbocycles. The third-order valence-electron chi connectivity index (χ3n) is 6.61. The molecule has 0 spiro atoms. The van der Waals surface area contributed by atoms with Gasteiger partial charge in [0.25, 0.3) is 0 Å². The van der Waals surface area contributed by atoms with Gasteiger partial charge >= 0.3 is 0 Å². The van der Waals surface area contributed by atoms with Crippen molar-refractivity contribution in [1.29, 1.82) is 0 Å². The third-order valence-corrected chi connectivity index (χ3v) is 7.53. The van der Waals surface area contributed by atoms with Crippen LogP contribution in [0.5, 0.6) is 0 Å². The van der Waals surface area contributed by atoms with Gasteiger partial charge in [-0.1, -0.05) is 15.9 Å². The van der Waals surface area contributed by atoms with Crippen molar-refractivity contribution in [1.82, 2.24) is 4.90 Å². The molecule has 20 heavy (non-hydrogen) atoms. The van der Waals surface area contributed by atoms with Gasteiger partial charge in [-0.25, -0.2) is 0 Å². The van der Waals surface area contributed by atoms with E-state index in [4.69, 9.17) is 0 Å². The predicted octanol–water partition coefficient (Wildman–Crippen LogP) is 3.84. The van der Waals surface area contributed by atoms with Gasteiger partial charge in [0.1, 0.15) is 0 Å². The zero-order valence-electron chi connectivity index (χ0n) is 12.3. The summed E-state index contributed by atoms with van der Waals surface area (Å²) in [5.41, 5.74) is 0.0794. The van der Waals surface area contributed by atoms with Gasteiger partial charge in [-0.3, -0.25) is 4.79 Å². The van der Waals surface area contributed by atoms with Crippen LogP contribution in [0, 0.1) is 29.1 Å². The quantitative estimate of drug-likeness (QED) is 0.700. The number of carbonyl (C=O) groups is 1. The molecule has 5 aliphatic rings. The second-order valence-corrected chi connectivity index (χ2v) is 8.74. The molecule has 4 bridgehead atoms. The van der Waals surface area contributed by atoms with E-state index >= 15 is 0 Å². The molecule has 0 unspecified atom stereocenters. The Balaban J connectivity index is 1.48. The zero-order chi connectivity index (χ0) is 13.7. The molecule has 0 radical (unpaired) electrons. The Kier molecular flexibility index (Phi) is 3.40. The van der Waals surface area contributed by atoms with Crippen molar-refractivity contribution in [3.05, 3.63) is 0 Å². The van der Waals surface area contributed by atoms with Crippen molar-refractivity contribution in [2.45, 2.75) is 51.4 Å². The minimum Gasteiger partial charge on any atom is -0.342 e. The summed E-state index contributed by atoms with van der Waals surface area (Å²) >= 11 is 3.60. The predicted molar refractivity (Wildman–Crippen MR) is 83.7 cm³/mol. The van der Waals surface area contributed by atoms with Crippen LogP contribution < -0.4 is 0 Å². The highest BCUT2D eigenvalue weighted by Crippen LogP contribution is 2.60. The Labute approximate surface area is 130 Å². The first-order chi connectivity index (χ1) is 9.68. The van der Waals surface area contributed by atoms with E-state index in [1.165, 1.54) is 51.4 Å². The molecular formula is C17H26BrNO. The molecule has 0 aromatic rings. The molecule has 112 valence electrons. The second kappa shape index (κ2) is 5.00. The van der Waals surface area contributed by atoms with E-state index in [2.05, 4.69) is 20.8 Å². The summed E-state index contributed by atoms with van der Waals surface area (Å²) in [7, 11) is 0. The highest BCUT2D eigenvalue weighted by Gasteiger charge is 2.55. The normalized spacial score (nSPS) is 44.0. The lowest BCUT2D eigenvalue weighted by Gasteiger charge is -2.57. The molecule has 1 saturated heterocycles. The van der Waals surface area contributed by atoms with Crippen molar-refractivity contribution in [2.75, 3.05) is 18.4 Å². The van der Waals surface area contributed by atoms with Gasteiger partial charge < -0.3 is 4.90 Å². The summed E-state index contributed by atoms with van der Waals surface area (Å²) in [6.07, 6.45) is 10.3. The molecule has 2 nitrogen and oxygen atoms in total. The summed E-state index contributed by atoms with van der Waals surface area (Å²) in [5, 5.41) is 1.10. The van der Waals surface area contributed by atoms with Crippen LogP contribution in [-0.2, 0) is 4.79 Å². The molecule has 0 aromatic heterocycles. The molecule has 0 N–H and O–H groups in total. The van der Waals surface area contributed by atoms with Crippen LogP contribution >= 0.6 is 15.9 Å². The lowest BCUT2D eigenvalue weighted by Crippen LogP contribution is -2.55. The molecule has 4 aliphatic carbocycles. The largest absolute Gasteiger partial charge is 0.342 e. The number of hydrogen-bond donors (Lipinski definition) is 0. The van der Waals surface area contributed by atoms with Crippen molar-refractivity contribution >= 4 is 21.8 Å². The number of likely N-dealkylation sites (tertiary alicyclic amines) is 1. The number of carbonyl (C=O) groups excluding carboxylic acids is 1. The number of piperidine rings is 1. The van der Waals surface area contributed by atoms with Crippen molar-refractivity contribution in [2.24, 2.45) is 29.1 Å². The number of nitrogens with zero attached hydrogens (tertiary/aromatic N) is 1. The molecule has 5 rings (SSSR count). The molecule has 1 aliphatic heterocycles. The number of rotatable bonds is 2. The van der Waals surface area contributed by atoms with E-state index in [-0.39, 0.29) is 5.41 Å². The fourth-order valence-electron chi connectivity index (χ4n) is 6.00. The zero-order valence-corrected chi connectivity index (χ0v) is 13.9. The van der Waals surface area contributed by atoms with Gasteiger partial charge in [0.2, 0.25) is 5.91 Å².